The summed E-state index contributed by atoms with van der Waals surface area (Å²) in [6.45, 7) is 11.5. The molecular formula is C42H47F3N8O6. The van der Waals surface area contributed by atoms with Crippen LogP contribution >= 0.6 is 0 Å². The molecule has 7 rings (SSSR count). The highest BCUT2D eigenvalue weighted by molar-refractivity contribution is 6.18. The topological polar surface area (TPSA) is 153 Å². The van der Waals surface area contributed by atoms with Gasteiger partial charge in [-0.25, -0.2) is 24.4 Å². The molecule has 0 atom stereocenters. The molecule has 2 aliphatic rings. The number of aromatic nitrogens is 4. The second-order valence-corrected chi connectivity index (χ2v) is 16.9. The molecule has 312 valence electrons. The summed E-state index contributed by atoms with van der Waals surface area (Å²) in [7, 11) is 1.95. The summed E-state index contributed by atoms with van der Waals surface area (Å²) in [6, 6.07) is 7.94. The minimum atomic E-state index is -4.73. The number of benzene rings is 2. The number of anilines is 3. The normalized spacial score (nSPS) is 15.6. The fourth-order valence-electron chi connectivity index (χ4n) is 6.97. The number of likely N-dealkylation sites (tertiary alicyclic amines) is 1. The zero-order chi connectivity index (χ0) is 42.4. The van der Waals surface area contributed by atoms with E-state index < -0.39 is 41.2 Å². The molecule has 14 nitrogen and oxygen atoms in total. The van der Waals surface area contributed by atoms with Gasteiger partial charge < -0.3 is 34.3 Å². The van der Waals surface area contributed by atoms with Crippen LogP contribution in [0.2, 0.25) is 0 Å². The lowest BCUT2D eigenvalue weighted by Gasteiger charge is -2.30. The van der Waals surface area contributed by atoms with Crippen LogP contribution in [0.15, 0.2) is 61.3 Å². The van der Waals surface area contributed by atoms with Crippen molar-refractivity contribution in [1.29, 1.82) is 0 Å². The van der Waals surface area contributed by atoms with Crippen LogP contribution in [0.25, 0.3) is 32.9 Å². The van der Waals surface area contributed by atoms with E-state index in [1.165, 1.54) is 18.5 Å². The molecule has 0 bridgehead atoms. The quantitative estimate of drug-likeness (QED) is 0.162. The van der Waals surface area contributed by atoms with Gasteiger partial charge in [0.15, 0.2) is 5.82 Å². The van der Waals surface area contributed by atoms with Crippen molar-refractivity contribution >= 4 is 57.2 Å². The molecule has 4 heterocycles. The van der Waals surface area contributed by atoms with Gasteiger partial charge in [-0.2, -0.15) is 18.1 Å². The number of fused-ring (bicyclic) bond motifs is 2. The number of hydrogen-bond donors (Lipinski definition) is 2. The van der Waals surface area contributed by atoms with Crippen LogP contribution in [0, 0.1) is 0 Å². The molecule has 1 saturated heterocycles. The molecule has 1 saturated carbocycles. The fraction of sp³-hybridized carbons (Fsp3) is 0.429. The SMILES string of the molecule is CN1CCC(Oc2ccc(NC(=O)Nc3ccc(-c4cn(C5CC5)c5ncnc(N(C(=O)OC(C)(C)C)C(=O)OC(C)(C)C)c45)c4ccncc34)cc2C(F)(F)F)CC1. The number of amides is 4. The summed E-state index contributed by atoms with van der Waals surface area (Å²) >= 11 is 0. The van der Waals surface area contributed by atoms with E-state index in [1.807, 2.05) is 17.8 Å². The van der Waals surface area contributed by atoms with Gasteiger partial charge in [0.2, 0.25) is 0 Å². The summed E-state index contributed by atoms with van der Waals surface area (Å²) in [6.07, 6.45) is 2.26. The summed E-state index contributed by atoms with van der Waals surface area (Å²) in [5, 5.41) is 6.79. The number of imide groups is 1. The van der Waals surface area contributed by atoms with Crippen molar-refractivity contribution in [3.63, 3.8) is 0 Å². The Kier molecular flexibility index (Phi) is 10.9. The number of urea groups is 1. The van der Waals surface area contributed by atoms with E-state index in [9.17, 15) is 27.6 Å². The van der Waals surface area contributed by atoms with E-state index in [4.69, 9.17) is 14.2 Å². The lowest BCUT2D eigenvalue weighted by atomic mass is 9.98. The van der Waals surface area contributed by atoms with Crippen LogP contribution in [0.1, 0.15) is 78.8 Å². The number of hydrogen-bond acceptors (Lipinski definition) is 10. The number of piperidine rings is 1. The van der Waals surface area contributed by atoms with E-state index >= 15 is 0 Å². The number of alkyl halides is 3. The molecule has 59 heavy (non-hydrogen) atoms. The number of rotatable bonds is 7. The highest BCUT2D eigenvalue weighted by Crippen LogP contribution is 2.46. The van der Waals surface area contributed by atoms with Crippen LogP contribution < -0.4 is 20.3 Å². The minimum Gasteiger partial charge on any atom is -0.490 e. The summed E-state index contributed by atoms with van der Waals surface area (Å²) in [5.41, 5.74) is -0.979. The lowest BCUT2D eigenvalue weighted by Crippen LogP contribution is -2.44. The molecule has 1 aliphatic carbocycles. The van der Waals surface area contributed by atoms with E-state index in [0.717, 1.165) is 36.9 Å². The Morgan fingerprint density at radius 1 is 0.831 bits per heavy atom. The van der Waals surface area contributed by atoms with Gasteiger partial charge in [0.1, 0.15) is 35.0 Å². The first-order valence-electron chi connectivity index (χ1n) is 19.4. The number of carbonyl (C=O) groups is 3. The van der Waals surface area contributed by atoms with Crippen molar-refractivity contribution < 1.29 is 41.8 Å². The third-order valence-corrected chi connectivity index (χ3v) is 9.75. The van der Waals surface area contributed by atoms with Crippen molar-refractivity contribution in [2.75, 3.05) is 35.7 Å². The number of halogens is 3. The number of nitrogens with one attached hydrogen (secondary N) is 2. The van der Waals surface area contributed by atoms with E-state index in [-0.39, 0.29) is 29.4 Å². The Bertz CT molecular complexity index is 2380. The van der Waals surface area contributed by atoms with Crippen molar-refractivity contribution in [3.05, 3.63) is 66.9 Å². The predicted octanol–water partition coefficient (Wildman–Crippen LogP) is 9.79. The number of ether oxygens (including phenoxy) is 3. The maximum atomic E-state index is 14.2. The van der Waals surface area contributed by atoms with Gasteiger partial charge in [-0.3, -0.25) is 4.98 Å². The van der Waals surface area contributed by atoms with Gasteiger partial charge in [0, 0.05) is 54.4 Å². The van der Waals surface area contributed by atoms with Crippen molar-refractivity contribution in [1.82, 2.24) is 24.4 Å². The Morgan fingerprint density at radius 3 is 2.14 bits per heavy atom. The monoisotopic (exact) mass is 816 g/mol. The molecule has 2 N–H and O–H groups in total. The Balaban J connectivity index is 1.24. The third-order valence-electron chi connectivity index (χ3n) is 9.75. The highest BCUT2D eigenvalue weighted by atomic mass is 19.4. The second kappa shape index (κ2) is 15.7. The fourth-order valence-corrected chi connectivity index (χ4v) is 6.97. The minimum absolute atomic E-state index is 0.0438. The van der Waals surface area contributed by atoms with Gasteiger partial charge in [0.05, 0.1) is 16.6 Å². The first-order valence-corrected chi connectivity index (χ1v) is 19.4. The van der Waals surface area contributed by atoms with Gasteiger partial charge in [-0.1, -0.05) is 6.07 Å². The van der Waals surface area contributed by atoms with Crippen LogP contribution in [0.4, 0.5) is 44.7 Å². The van der Waals surface area contributed by atoms with Crippen LogP contribution in [-0.4, -0.2) is 80.1 Å². The largest absolute Gasteiger partial charge is 0.490 e. The number of carbonyl (C=O) groups excluding carboxylic acids is 3. The maximum Gasteiger partial charge on any atom is 0.425 e. The molecule has 4 amide bonds. The molecule has 1 aliphatic heterocycles. The average Bonchev–Trinajstić information content (AvgIpc) is 3.91. The predicted molar refractivity (Wildman–Crippen MR) is 217 cm³/mol. The summed E-state index contributed by atoms with van der Waals surface area (Å²) in [5.74, 6) is -0.333. The van der Waals surface area contributed by atoms with Crippen molar-refractivity contribution in [2.45, 2.75) is 96.7 Å². The first kappa shape index (κ1) is 41.2. The summed E-state index contributed by atoms with van der Waals surface area (Å²) < 4.78 is 61.8. The Labute approximate surface area is 339 Å². The van der Waals surface area contributed by atoms with Crippen LogP contribution in [0.3, 0.4) is 0 Å². The highest BCUT2D eigenvalue weighted by Gasteiger charge is 2.38. The Morgan fingerprint density at radius 2 is 1.51 bits per heavy atom. The van der Waals surface area contributed by atoms with Gasteiger partial charge in [0.25, 0.3) is 0 Å². The lowest BCUT2D eigenvalue weighted by molar-refractivity contribution is -0.139. The van der Waals surface area contributed by atoms with Crippen molar-refractivity contribution in [3.8, 4) is 16.9 Å². The second-order valence-electron chi connectivity index (χ2n) is 16.9. The van der Waals surface area contributed by atoms with E-state index in [1.54, 1.807) is 72.1 Å². The van der Waals surface area contributed by atoms with Gasteiger partial charge in [-0.05, 0) is 116 Å². The number of pyridine rings is 1. The van der Waals surface area contributed by atoms with Crippen molar-refractivity contribution in [2.24, 2.45) is 0 Å². The van der Waals surface area contributed by atoms with Crippen LogP contribution in [0.5, 0.6) is 5.75 Å². The zero-order valence-corrected chi connectivity index (χ0v) is 33.9. The van der Waals surface area contributed by atoms with E-state index in [2.05, 4.69) is 30.5 Å². The molecule has 0 unspecified atom stereocenters. The third kappa shape index (κ3) is 9.35. The van der Waals surface area contributed by atoms with Gasteiger partial charge in [-0.15, -0.1) is 0 Å². The standard InChI is InChI=1S/C42H47F3N8O6/c1-40(2,3)58-38(55)53(39(56)59-41(4,5)6)36-34-30(22-52(25-9-10-25)35(34)47-23-48-36)27-11-12-32(29-21-46-17-14-28(27)29)50-37(54)49-24-8-13-33(31(20-24)42(43,44)45)57-26-15-18-51(7)19-16-26/h8,11-14,17,20-23,25-26H,9-10,15-16,18-19H2,1-7H3,(H2,49,50,54). The molecule has 0 radical (unpaired) electrons. The summed E-state index contributed by atoms with van der Waals surface area (Å²) in [4.78, 5) is 57.3. The van der Waals surface area contributed by atoms with E-state index in [0.29, 0.717) is 51.5 Å². The molecular weight excluding hydrogens is 770 g/mol. The smallest absolute Gasteiger partial charge is 0.425 e. The van der Waals surface area contributed by atoms with Crippen LogP contribution in [-0.2, 0) is 15.7 Å². The molecule has 5 aromatic rings. The average molecular weight is 817 g/mol. The number of nitrogens with zero attached hydrogens (tertiary/aromatic N) is 6. The molecule has 2 aromatic carbocycles. The maximum absolute atomic E-state index is 14.2. The zero-order valence-electron chi connectivity index (χ0n) is 33.9. The molecule has 3 aromatic heterocycles. The molecule has 0 spiro atoms. The first-order chi connectivity index (χ1) is 27.8. The molecule has 2 fully saturated rings. The van der Waals surface area contributed by atoms with Gasteiger partial charge >= 0.3 is 24.4 Å². The molecule has 17 heteroatoms. The Hall–Kier alpha value is -5.97.